The number of aryl methyl sites for hydroxylation is 1. The van der Waals surface area contributed by atoms with E-state index in [9.17, 15) is 17.2 Å². The van der Waals surface area contributed by atoms with Gasteiger partial charge in [0.05, 0.1) is 23.5 Å². The fourth-order valence-electron chi connectivity index (χ4n) is 1.62. The van der Waals surface area contributed by atoms with E-state index in [4.69, 9.17) is 0 Å². The lowest BCUT2D eigenvalue weighted by Gasteiger charge is -2.07. The normalized spacial score (nSPS) is 11.8. The molecule has 20 heavy (non-hydrogen) atoms. The van der Waals surface area contributed by atoms with Crippen molar-refractivity contribution in [3.05, 3.63) is 42.0 Å². The first-order valence-electron chi connectivity index (χ1n) is 5.76. The van der Waals surface area contributed by atoms with Crippen LogP contribution in [-0.2, 0) is 16.4 Å². The number of benzene rings is 1. The van der Waals surface area contributed by atoms with Crippen LogP contribution in [0, 0.1) is 6.92 Å². The number of sulfone groups is 1. The fourth-order valence-corrected chi connectivity index (χ4v) is 2.34. The molecule has 0 spiro atoms. The Balaban J connectivity index is 2.08. The van der Waals surface area contributed by atoms with Gasteiger partial charge in [0.1, 0.15) is 0 Å². The van der Waals surface area contributed by atoms with Crippen LogP contribution in [0.1, 0.15) is 11.4 Å². The molecule has 1 aromatic heterocycles. The number of halogens is 2. The Hall–Kier alpha value is -1.96. The molecule has 1 aromatic carbocycles. The Morgan fingerprint density at radius 2 is 1.95 bits per heavy atom. The highest BCUT2D eigenvalue weighted by Crippen LogP contribution is 2.20. The summed E-state index contributed by atoms with van der Waals surface area (Å²) in [6, 6.07) is 5.19. The number of hydrogen-bond donors (Lipinski definition) is 2. The predicted molar refractivity (Wildman–Crippen MR) is 70.3 cm³/mol. The van der Waals surface area contributed by atoms with Crippen LogP contribution < -0.4 is 5.32 Å². The monoisotopic (exact) mass is 301 g/mol. The molecule has 108 valence electrons. The van der Waals surface area contributed by atoms with E-state index in [1.807, 2.05) is 6.92 Å². The van der Waals surface area contributed by atoms with Crippen molar-refractivity contribution in [3.63, 3.8) is 0 Å². The first-order valence-corrected chi connectivity index (χ1v) is 7.30. The molecule has 2 N–H and O–H groups in total. The first-order chi connectivity index (χ1) is 9.41. The number of hydrogen-bond acceptors (Lipinski definition) is 4. The second-order valence-electron chi connectivity index (χ2n) is 4.16. The maximum atomic E-state index is 12.4. The van der Waals surface area contributed by atoms with E-state index >= 15 is 0 Å². The van der Waals surface area contributed by atoms with Gasteiger partial charge < -0.3 is 10.3 Å². The number of aromatic nitrogens is 2. The number of imidazole rings is 1. The van der Waals surface area contributed by atoms with E-state index in [1.165, 1.54) is 12.1 Å². The lowest BCUT2D eigenvalue weighted by molar-refractivity contribution is 0.234. The highest BCUT2D eigenvalue weighted by atomic mass is 32.2. The zero-order chi connectivity index (χ0) is 14.8. The molecule has 5 nitrogen and oxygen atoms in total. The molecule has 2 aromatic rings. The molecule has 0 radical (unpaired) electrons. The first kappa shape index (κ1) is 14.4. The van der Waals surface area contributed by atoms with Gasteiger partial charge in [0.25, 0.3) is 0 Å². The minimum absolute atomic E-state index is 0.394. The van der Waals surface area contributed by atoms with E-state index < -0.39 is 20.5 Å². The fraction of sp³-hybridized carbons (Fsp3) is 0.250. The van der Waals surface area contributed by atoms with Crippen molar-refractivity contribution in [1.29, 1.82) is 0 Å². The highest BCUT2D eigenvalue weighted by molar-refractivity contribution is 7.91. The van der Waals surface area contributed by atoms with Crippen LogP contribution in [0.3, 0.4) is 0 Å². The highest BCUT2D eigenvalue weighted by Gasteiger charge is 2.26. The van der Waals surface area contributed by atoms with Crippen LogP contribution in [0.15, 0.2) is 35.5 Å². The third kappa shape index (κ3) is 2.96. The van der Waals surface area contributed by atoms with Gasteiger partial charge >= 0.3 is 5.76 Å². The second kappa shape index (κ2) is 5.58. The average molecular weight is 301 g/mol. The summed E-state index contributed by atoms with van der Waals surface area (Å²) in [7, 11) is -4.54. The van der Waals surface area contributed by atoms with Crippen molar-refractivity contribution in [2.75, 3.05) is 5.32 Å². The summed E-state index contributed by atoms with van der Waals surface area (Å²) in [5.41, 5.74) is 2.38. The quantitative estimate of drug-likeness (QED) is 0.889. The van der Waals surface area contributed by atoms with Crippen molar-refractivity contribution in [1.82, 2.24) is 9.97 Å². The Morgan fingerprint density at radius 3 is 2.45 bits per heavy atom. The van der Waals surface area contributed by atoms with Crippen molar-refractivity contribution >= 4 is 15.5 Å². The summed E-state index contributed by atoms with van der Waals surface area (Å²) in [6.45, 7) is 2.33. The van der Waals surface area contributed by atoms with Gasteiger partial charge in [-0.05, 0) is 31.2 Å². The maximum absolute atomic E-state index is 12.4. The topological polar surface area (TPSA) is 74.8 Å². The Labute approximate surface area is 115 Å². The number of alkyl halides is 2. The zero-order valence-corrected chi connectivity index (χ0v) is 11.4. The van der Waals surface area contributed by atoms with Crippen LogP contribution in [-0.4, -0.2) is 24.1 Å². The summed E-state index contributed by atoms with van der Waals surface area (Å²) in [6.07, 6.45) is 1.57. The van der Waals surface area contributed by atoms with Crippen LogP contribution in [0.5, 0.6) is 0 Å². The summed E-state index contributed by atoms with van der Waals surface area (Å²) >= 11 is 0. The molecular weight excluding hydrogens is 288 g/mol. The summed E-state index contributed by atoms with van der Waals surface area (Å²) < 4.78 is 47.2. The molecule has 1 heterocycles. The van der Waals surface area contributed by atoms with Crippen LogP contribution >= 0.6 is 0 Å². The van der Waals surface area contributed by atoms with Gasteiger partial charge in [0.2, 0.25) is 9.84 Å². The minimum Gasteiger partial charge on any atom is -0.379 e. The van der Waals surface area contributed by atoms with E-state index in [1.54, 1.807) is 6.33 Å². The second-order valence-corrected chi connectivity index (χ2v) is 6.08. The van der Waals surface area contributed by atoms with E-state index in [0.717, 1.165) is 23.5 Å². The molecule has 2 rings (SSSR count). The smallest absolute Gasteiger partial charge is 0.341 e. The molecule has 0 fully saturated rings. The Morgan fingerprint density at radius 1 is 1.30 bits per heavy atom. The van der Waals surface area contributed by atoms with E-state index in [2.05, 4.69) is 15.3 Å². The number of nitrogens with zero attached hydrogens (tertiary/aromatic N) is 1. The third-order valence-corrected chi connectivity index (χ3v) is 4.21. The molecule has 0 saturated carbocycles. The maximum Gasteiger partial charge on any atom is 0.341 e. The minimum atomic E-state index is -4.54. The Bertz CT molecular complexity index is 681. The zero-order valence-electron chi connectivity index (χ0n) is 10.6. The van der Waals surface area contributed by atoms with Crippen LogP contribution in [0.25, 0.3) is 0 Å². The lowest BCUT2D eigenvalue weighted by atomic mass is 10.3. The van der Waals surface area contributed by atoms with Gasteiger partial charge in [-0.3, -0.25) is 0 Å². The van der Waals surface area contributed by atoms with Gasteiger partial charge in [0.15, 0.2) is 0 Å². The average Bonchev–Trinajstić information content (AvgIpc) is 2.82. The molecule has 0 saturated heterocycles. The number of rotatable bonds is 5. The third-order valence-electron chi connectivity index (χ3n) is 2.81. The van der Waals surface area contributed by atoms with Gasteiger partial charge in [-0.25, -0.2) is 13.4 Å². The summed E-state index contributed by atoms with van der Waals surface area (Å²) in [5, 5.41) is 3.03. The van der Waals surface area contributed by atoms with Crippen LogP contribution in [0.2, 0.25) is 0 Å². The summed E-state index contributed by atoms with van der Waals surface area (Å²) in [4.78, 5) is 6.64. The molecule has 8 heteroatoms. The standard InChI is InChI=1S/C12H13F2N3O2S/c1-8-11(17-7-16-8)6-15-9-2-4-10(5-3-9)20(18,19)12(13)14/h2-5,7,12,15H,6H2,1H3,(H,16,17). The molecular formula is C12H13F2N3O2S. The van der Waals surface area contributed by atoms with E-state index in [0.29, 0.717) is 12.2 Å². The van der Waals surface area contributed by atoms with Crippen LogP contribution in [0.4, 0.5) is 14.5 Å². The molecule has 0 atom stereocenters. The number of nitrogens with one attached hydrogen (secondary N) is 2. The van der Waals surface area contributed by atoms with E-state index in [-0.39, 0.29) is 0 Å². The molecule has 0 unspecified atom stereocenters. The molecule has 0 bridgehead atoms. The molecule has 0 aliphatic rings. The molecule has 0 amide bonds. The van der Waals surface area contributed by atoms with Gasteiger partial charge in [0, 0.05) is 11.4 Å². The largest absolute Gasteiger partial charge is 0.379 e. The van der Waals surface area contributed by atoms with Gasteiger partial charge in [-0.1, -0.05) is 0 Å². The van der Waals surface area contributed by atoms with Gasteiger partial charge in [-0.2, -0.15) is 8.78 Å². The number of aromatic amines is 1. The van der Waals surface area contributed by atoms with Crippen molar-refractivity contribution in [2.45, 2.75) is 24.1 Å². The Kier molecular flexibility index (Phi) is 4.03. The molecule has 0 aliphatic heterocycles. The summed E-state index contributed by atoms with van der Waals surface area (Å²) in [5.74, 6) is -3.41. The molecule has 0 aliphatic carbocycles. The van der Waals surface area contributed by atoms with Gasteiger partial charge in [-0.15, -0.1) is 0 Å². The predicted octanol–water partition coefficient (Wildman–Crippen LogP) is 2.33. The SMILES string of the molecule is Cc1[nH]cnc1CNc1ccc(S(=O)(=O)C(F)F)cc1. The lowest BCUT2D eigenvalue weighted by Crippen LogP contribution is -2.11. The number of anilines is 1. The van der Waals surface area contributed by atoms with Crippen molar-refractivity contribution in [2.24, 2.45) is 0 Å². The van der Waals surface area contributed by atoms with Crippen molar-refractivity contribution in [3.8, 4) is 0 Å². The number of H-pyrrole nitrogens is 1. The van der Waals surface area contributed by atoms with Crippen molar-refractivity contribution < 1.29 is 17.2 Å².